The van der Waals surface area contributed by atoms with E-state index in [0.29, 0.717) is 27.8 Å². The Bertz CT molecular complexity index is 882. The molecule has 3 aromatic rings. The van der Waals surface area contributed by atoms with Gasteiger partial charge in [0.25, 0.3) is 0 Å². The van der Waals surface area contributed by atoms with Crippen molar-refractivity contribution in [3.63, 3.8) is 0 Å². The summed E-state index contributed by atoms with van der Waals surface area (Å²) >= 11 is 0. The number of carbonyl (C=O) groups is 2. The maximum Gasteiger partial charge on any atom is 0.338 e. The highest BCUT2D eigenvalue weighted by atomic mass is 16.5. The van der Waals surface area contributed by atoms with Crippen LogP contribution in [0.25, 0.3) is 11.1 Å². The molecule has 0 N–H and O–H groups in total. The van der Waals surface area contributed by atoms with Crippen LogP contribution in [0.2, 0.25) is 0 Å². The summed E-state index contributed by atoms with van der Waals surface area (Å²) < 4.78 is 4.86. The number of esters is 1. The largest absolute Gasteiger partial charge is 0.465 e. The second-order valence-corrected chi connectivity index (χ2v) is 5.28. The summed E-state index contributed by atoms with van der Waals surface area (Å²) in [5.74, 6) is -0.501. The van der Waals surface area contributed by atoms with Crippen molar-refractivity contribution in [1.29, 1.82) is 0 Å². The van der Waals surface area contributed by atoms with Gasteiger partial charge >= 0.3 is 5.97 Å². The molecule has 0 radical (unpaired) electrons. The lowest BCUT2D eigenvalue weighted by atomic mass is 9.91. The van der Waals surface area contributed by atoms with Crippen LogP contribution in [0.5, 0.6) is 0 Å². The van der Waals surface area contributed by atoms with Crippen LogP contribution in [0.4, 0.5) is 0 Å². The van der Waals surface area contributed by atoms with E-state index in [2.05, 4.69) is 0 Å². The molecule has 3 heteroatoms. The topological polar surface area (TPSA) is 43.4 Å². The Morgan fingerprint density at radius 2 is 1.17 bits per heavy atom. The molecule has 0 aromatic heterocycles. The highest BCUT2D eigenvalue weighted by Crippen LogP contribution is 2.29. The van der Waals surface area contributed by atoms with E-state index in [4.69, 9.17) is 4.74 Å². The van der Waals surface area contributed by atoms with Gasteiger partial charge in [0.2, 0.25) is 0 Å². The number of methoxy groups -OCH3 is 1. The first-order valence-electron chi connectivity index (χ1n) is 7.59. The van der Waals surface area contributed by atoms with Gasteiger partial charge in [0, 0.05) is 11.1 Å². The van der Waals surface area contributed by atoms with Crippen LogP contribution in [0.1, 0.15) is 26.3 Å². The maximum atomic E-state index is 12.9. The molecule has 0 fully saturated rings. The fourth-order valence-corrected chi connectivity index (χ4v) is 2.67. The molecule has 3 rings (SSSR count). The number of ketones is 1. The molecule has 0 unspecified atom stereocenters. The Hall–Kier alpha value is -3.20. The average Bonchev–Trinajstić information content (AvgIpc) is 2.67. The summed E-state index contributed by atoms with van der Waals surface area (Å²) in [5.41, 5.74) is 3.01. The Balaban J connectivity index is 2.15. The lowest BCUT2D eigenvalue weighted by Crippen LogP contribution is -2.07. The van der Waals surface area contributed by atoms with E-state index >= 15 is 0 Å². The Kier molecular flexibility index (Phi) is 4.52. The fourth-order valence-electron chi connectivity index (χ4n) is 2.67. The summed E-state index contributed by atoms with van der Waals surface area (Å²) in [6.07, 6.45) is 0. The van der Waals surface area contributed by atoms with Crippen molar-refractivity contribution in [1.82, 2.24) is 0 Å². The molecule has 0 saturated carbocycles. The van der Waals surface area contributed by atoms with Crippen LogP contribution < -0.4 is 0 Å². The van der Waals surface area contributed by atoms with Gasteiger partial charge in [-0.2, -0.15) is 0 Å². The molecule has 3 nitrogen and oxygen atoms in total. The van der Waals surface area contributed by atoms with Crippen LogP contribution in [0.3, 0.4) is 0 Å². The zero-order chi connectivity index (χ0) is 16.9. The van der Waals surface area contributed by atoms with E-state index in [0.717, 1.165) is 0 Å². The van der Waals surface area contributed by atoms with E-state index in [-0.39, 0.29) is 5.78 Å². The highest BCUT2D eigenvalue weighted by molar-refractivity contribution is 6.13. The molecular weight excluding hydrogens is 300 g/mol. The lowest BCUT2D eigenvalue weighted by Gasteiger charge is -2.12. The van der Waals surface area contributed by atoms with Gasteiger partial charge in [-0.05, 0) is 17.2 Å². The van der Waals surface area contributed by atoms with Crippen molar-refractivity contribution in [3.05, 3.63) is 95.6 Å². The summed E-state index contributed by atoms with van der Waals surface area (Å²) in [5, 5.41) is 0. The van der Waals surface area contributed by atoms with Gasteiger partial charge in [-0.15, -0.1) is 0 Å². The van der Waals surface area contributed by atoms with Gasteiger partial charge in [0.1, 0.15) is 0 Å². The van der Waals surface area contributed by atoms with Crippen LogP contribution in [0, 0.1) is 0 Å². The summed E-state index contributed by atoms with van der Waals surface area (Å²) in [7, 11) is 1.35. The Labute approximate surface area is 140 Å². The molecule has 0 aliphatic rings. The molecule has 0 saturated heterocycles. The minimum absolute atomic E-state index is 0.0779. The van der Waals surface area contributed by atoms with Crippen molar-refractivity contribution < 1.29 is 14.3 Å². The van der Waals surface area contributed by atoms with E-state index in [1.54, 1.807) is 30.3 Å². The summed E-state index contributed by atoms with van der Waals surface area (Å²) in [4.78, 5) is 24.9. The van der Waals surface area contributed by atoms with E-state index in [1.165, 1.54) is 7.11 Å². The number of carbonyl (C=O) groups excluding carboxylic acids is 2. The first kappa shape index (κ1) is 15.7. The third-order valence-electron chi connectivity index (χ3n) is 3.83. The standard InChI is InChI=1S/C21H16O3/c1-24-21(23)19-14-8-6-12-17(19)16-11-5-7-13-18(16)20(22)15-9-3-2-4-10-15/h2-14H,1H3. The van der Waals surface area contributed by atoms with Crippen LogP contribution >= 0.6 is 0 Å². The molecule has 0 bridgehead atoms. The first-order valence-corrected chi connectivity index (χ1v) is 7.59. The van der Waals surface area contributed by atoms with Gasteiger partial charge in [0.15, 0.2) is 5.78 Å². The first-order chi connectivity index (χ1) is 11.7. The van der Waals surface area contributed by atoms with Gasteiger partial charge in [-0.1, -0.05) is 72.8 Å². The van der Waals surface area contributed by atoms with E-state index in [9.17, 15) is 9.59 Å². The number of hydrogen-bond acceptors (Lipinski definition) is 3. The molecule has 0 spiro atoms. The fraction of sp³-hybridized carbons (Fsp3) is 0.0476. The third kappa shape index (κ3) is 2.97. The second-order valence-electron chi connectivity index (χ2n) is 5.28. The van der Waals surface area contributed by atoms with Gasteiger partial charge in [-0.3, -0.25) is 4.79 Å². The van der Waals surface area contributed by atoms with Crippen molar-refractivity contribution in [3.8, 4) is 11.1 Å². The molecule has 0 heterocycles. The normalized spacial score (nSPS) is 10.2. The quantitative estimate of drug-likeness (QED) is 0.530. The lowest BCUT2D eigenvalue weighted by molar-refractivity contribution is 0.0601. The van der Waals surface area contributed by atoms with Crippen molar-refractivity contribution in [2.24, 2.45) is 0 Å². The second kappa shape index (κ2) is 6.92. The number of rotatable bonds is 4. The van der Waals surface area contributed by atoms with Crippen LogP contribution in [-0.4, -0.2) is 18.9 Å². The smallest absolute Gasteiger partial charge is 0.338 e. The molecule has 0 atom stereocenters. The molecule has 3 aromatic carbocycles. The molecule has 0 aliphatic carbocycles. The number of benzene rings is 3. The minimum atomic E-state index is -0.424. The molecule has 118 valence electrons. The molecule has 0 amide bonds. The summed E-state index contributed by atoms with van der Waals surface area (Å²) in [6, 6.07) is 23.5. The monoisotopic (exact) mass is 316 g/mol. The van der Waals surface area contributed by atoms with Gasteiger partial charge in [-0.25, -0.2) is 4.79 Å². The van der Waals surface area contributed by atoms with Crippen molar-refractivity contribution in [2.45, 2.75) is 0 Å². The van der Waals surface area contributed by atoms with E-state index in [1.807, 2.05) is 48.5 Å². The molecule has 0 aliphatic heterocycles. The van der Waals surface area contributed by atoms with Crippen LogP contribution in [0.15, 0.2) is 78.9 Å². The average molecular weight is 316 g/mol. The Morgan fingerprint density at radius 1 is 0.667 bits per heavy atom. The summed E-state index contributed by atoms with van der Waals surface area (Å²) in [6.45, 7) is 0. The van der Waals surface area contributed by atoms with E-state index < -0.39 is 5.97 Å². The highest BCUT2D eigenvalue weighted by Gasteiger charge is 2.18. The zero-order valence-electron chi connectivity index (χ0n) is 13.2. The molecule has 24 heavy (non-hydrogen) atoms. The Morgan fingerprint density at radius 3 is 1.79 bits per heavy atom. The van der Waals surface area contributed by atoms with Gasteiger partial charge < -0.3 is 4.74 Å². The maximum absolute atomic E-state index is 12.9. The van der Waals surface area contributed by atoms with Gasteiger partial charge in [0.05, 0.1) is 12.7 Å². The van der Waals surface area contributed by atoms with Crippen LogP contribution in [-0.2, 0) is 4.74 Å². The predicted octanol–water partition coefficient (Wildman–Crippen LogP) is 4.37. The SMILES string of the molecule is COC(=O)c1ccccc1-c1ccccc1C(=O)c1ccccc1. The van der Waals surface area contributed by atoms with Crippen molar-refractivity contribution in [2.75, 3.05) is 7.11 Å². The number of ether oxygens (including phenoxy) is 1. The number of hydrogen-bond donors (Lipinski definition) is 0. The minimum Gasteiger partial charge on any atom is -0.465 e. The molecular formula is C21H16O3. The third-order valence-corrected chi connectivity index (χ3v) is 3.83. The predicted molar refractivity (Wildman–Crippen MR) is 93.1 cm³/mol. The van der Waals surface area contributed by atoms with Crippen molar-refractivity contribution >= 4 is 11.8 Å². The zero-order valence-corrected chi connectivity index (χ0v) is 13.2.